The summed E-state index contributed by atoms with van der Waals surface area (Å²) in [6.45, 7) is 4.56. The molecule has 0 spiro atoms. The molecule has 0 aliphatic carbocycles. The van der Waals surface area contributed by atoms with Gasteiger partial charge in [-0.05, 0) is 55.5 Å². The lowest BCUT2D eigenvalue weighted by Gasteiger charge is -2.38. The number of halogens is 3. The van der Waals surface area contributed by atoms with E-state index in [4.69, 9.17) is 27.9 Å². The second-order valence-corrected chi connectivity index (χ2v) is 9.64. The number of ether oxygens (including phenoxy) is 1. The van der Waals surface area contributed by atoms with Crippen LogP contribution in [0.3, 0.4) is 0 Å². The second-order valence-electron chi connectivity index (χ2n) is 8.09. The van der Waals surface area contributed by atoms with Gasteiger partial charge in [-0.2, -0.15) is 4.37 Å². The summed E-state index contributed by atoms with van der Waals surface area (Å²) >= 11 is 14.1. The average molecular weight is 482 g/mol. The largest absolute Gasteiger partial charge is 0.380 e. The highest BCUT2D eigenvalue weighted by atomic mass is 35.5. The molecule has 31 heavy (non-hydrogen) atoms. The first kappa shape index (κ1) is 21.3. The van der Waals surface area contributed by atoms with Crippen LogP contribution < -0.4 is 5.32 Å². The van der Waals surface area contributed by atoms with Crippen molar-refractivity contribution in [2.75, 3.05) is 31.6 Å². The summed E-state index contributed by atoms with van der Waals surface area (Å²) in [5.74, 6) is 0.166. The minimum Gasteiger partial charge on any atom is -0.380 e. The number of aromatic nitrogens is 3. The predicted molar refractivity (Wildman–Crippen MR) is 123 cm³/mol. The molecular formula is C21H22Cl2FN5OS. The molecule has 1 N–H and O–H groups in total. The molecule has 0 radical (unpaired) electrons. The number of rotatable bonds is 4. The predicted octanol–water partition coefficient (Wildman–Crippen LogP) is 5.36. The van der Waals surface area contributed by atoms with Crippen molar-refractivity contribution in [3.8, 4) is 0 Å². The second kappa shape index (κ2) is 8.75. The Morgan fingerprint density at radius 2 is 2.16 bits per heavy atom. The molecule has 164 valence electrons. The standard InChI is InChI=1S/C21H22Cl2FN5OS/c1-11-19(23)20(31-28-11)27-21-25-8-12-6-16(22)15(7-18(12)26-21)14-2-4-29(9-17(14)24)13-3-5-30-10-13/h6-8,13-14,17H,2-5,9-10H2,1H3,(H,25,26,27). The fourth-order valence-electron chi connectivity index (χ4n) is 4.37. The Hall–Kier alpha value is -1.58. The number of benzene rings is 1. The summed E-state index contributed by atoms with van der Waals surface area (Å²) in [6.07, 6.45) is 2.42. The van der Waals surface area contributed by atoms with Gasteiger partial charge in [0.2, 0.25) is 5.95 Å². The Bertz CT molecular complexity index is 1110. The zero-order valence-electron chi connectivity index (χ0n) is 16.9. The number of nitrogens with zero attached hydrogens (tertiary/aromatic N) is 4. The third kappa shape index (κ3) is 4.24. The fourth-order valence-corrected chi connectivity index (χ4v) is 5.61. The number of hydrogen-bond acceptors (Lipinski definition) is 7. The van der Waals surface area contributed by atoms with Crippen LogP contribution in [0, 0.1) is 6.92 Å². The van der Waals surface area contributed by atoms with Crippen molar-refractivity contribution in [3.05, 3.63) is 39.6 Å². The lowest BCUT2D eigenvalue weighted by atomic mass is 9.86. The van der Waals surface area contributed by atoms with Gasteiger partial charge >= 0.3 is 0 Å². The Morgan fingerprint density at radius 3 is 2.87 bits per heavy atom. The molecule has 6 nitrogen and oxygen atoms in total. The SMILES string of the molecule is Cc1nsc(Nc2ncc3cc(Cl)c(C4CCN(C5CCOC5)CC4F)cc3n2)c1Cl. The van der Waals surface area contributed by atoms with E-state index >= 15 is 4.39 Å². The summed E-state index contributed by atoms with van der Waals surface area (Å²) in [6, 6.07) is 4.05. The maximum absolute atomic E-state index is 15.2. The smallest absolute Gasteiger partial charge is 0.228 e. The van der Waals surface area contributed by atoms with Gasteiger partial charge in [-0.1, -0.05) is 23.2 Å². The van der Waals surface area contributed by atoms with Gasteiger partial charge in [0.15, 0.2) is 0 Å². The van der Waals surface area contributed by atoms with Gasteiger partial charge in [0.05, 0.1) is 22.8 Å². The molecular weight excluding hydrogens is 460 g/mol. The van der Waals surface area contributed by atoms with E-state index in [1.54, 1.807) is 6.20 Å². The van der Waals surface area contributed by atoms with Crippen molar-refractivity contribution in [2.24, 2.45) is 0 Å². The lowest BCUT2D eigenvalue weighted by Crippen LogP contribution is -2.46. The Morgan fingerprint density at radius 1 is 1.29 bits per heavy atom. The Balaban J connectivity index is 1.39. The first-order chi connectivity index (χ1) is 15.0. The highest BCUT2D eigenvalue weighted by molar-refractivity contribution is 7.11. The molecule has 3 aromatic rings. The summed E-state index contributed by atoms with van der Waals surface area (Å²) in [5, 5.41) is 5.74. The number of hydrogen-bond donors (Lipinski definition) is 1. The van der Waals surface area contributed by atoms with E-state index in [-0.39, 0.29) is 5.92 Å². The quantitative estimate of drug-likeness (QED) is 0.540. The average Bonchev–Trinajstić information content (AvgIpc) is 3.40. The molecule has 10 heteroatoms. The van der Waals surface area contributed by atoms with E-state index in [0.29, 0.717) is 45.7 Å². The van der Waals surface area contributed by atoms with Crippen LogP contribution in [-0.2, 0) is 4.74 Å². The van der Waals surface area contributed by atoms with Crippen molar-refractivity contribution in [1.82, 2.24) is 19.2 Å². The number of fused-ring (bicyclic) bond motifs is 1. The van der Waals surface area contributed by atoms with Crippen molar-refractivity contribution >= 4 is 56.6 Å². The van der Waals surface area contributed by atoms with Gasteiger partial charge in [0.25, 0.3) is 0 Å². The van der Waals surface area contributed by atoms with Crippen LogP contribution in [0.25, 0.3) is 10.9 Å². The monoisotopic (exact) mass is 481 g/mol. The van der Waals surface area contributed by atoms with Gasteiger partial charge < -0.3 is 10.1 Å². The minimum atomic E-state index is -0.984. The van der Waals surface area contributed by atoms with Crippen LogP contribution in [0.2, 0.25) is 10.0 Å². The van der Waals surface area contributed by atoms with Gasteiger partial charge in [0, 0.05) is 41.7 Å². The number of alkyl halides is 1. The van der Waals surface area contributed by atoms with E-state index in [1.165, 1.54) is 11.5 Å². The van der Waals surface area contributed by atoms with E-state index in [9.17, 15) is 0 Å². The molecule has 3 atom stereocenters. The van der Waals surface area contributed by atoms with Crippen molar-refractivity contribution < 1.29 is 9.13 Å². The maximum atomic E-state index is 15.2. The molecule has 2 fully saturated rings. The van der Waals surface area contributed by atoms with E-state index < -0.39 is 6.17 Å². The number of nitrogens with one attached hydrogen (secondary N) is 1. The van der Waals surface area contributed by atoms with Gasteiger partial charge in [-0.25, -0.2) is 14.4 Å². The Labute approximate surface area is 193 Å². The third-order valence-electron chi connectivity index (χ3n) is 6.11. The van der Waals surface area contributed by atoms with E-state index in [0.717, 1.165) is 42.6 Å². The number of aryl methyl sites for hydroxylation is 1. The minimum absolute atomic E-state index is 0.250. The Kier molecular flexibility index (Phi) is 6.00. The topological polar surface area (TPSA) is 63.2 Å². The molecule has 2 aliphatic heterocycles. The molecule has 0 saturated carbocycles. The summed E-state index contributed by atoms with van der Waals surface area (Å²) in [5.41, 5.74) is 2.28. The van der Waals surface area contributed by atoms with Crippen LogP contribution in [0.15, 0.2) is 18.3 Å². The van der Waals surface area contributed by atoms with Crippen LogP contribution in [0.1, 0.15) is 30.0 Å². The zero-order chi connectivity index (χ0) is 21.5. The number of likely N-dealkylation sites (tertiary alicyclic amines) is 1. The molecule has 0 bridgehead atoms. The fraction of sp³-hybridized carbons (Fsp3) is 0.476. The molecule has 1 aromatic carbocycles. The number of piperidine rings is 1. The molecule has 2 saturated heterocycles. The number of anilines is 2. The molecule has 2 aliphatic rings. The van der Waals surface area contributed by atoms with Gasteiger partial charge in [-0.15, -0.1) is 0 Å². The van der Waals surface area contributed by atoms with Gasteiger partial charge in [-0.3, -0.25) is 4.90 Å². The van der Waals surface area contributed by atoms with Crippen molar-refractivity contribution in [3.63, 3.8) is 0 Å². The molecule has 4 heterocycles. The summed E-state index contributed by atoms with van der Waals surface area (Å²) < 4.78 is 24.9. The van der Waals surface area contributed by atoms with E-state index in [1.807, 2.05) is 19.1 Å². The van der Waals surface area contributed by atoms with Crippen LogP contribution >= 0.6 is 34.7 Å². The van der Waals surface area contributed by atoms with Crippen molar-refractivity contribution in [1.29, 1.82) is 0 Å². The van der Waals surface area contributed by atoms with E-state index in [2.05, 4.69) is 24.6 Å². The first-order valence-corrected chi connectivity index (χ1v) is 11.8. The first-order valence-electron chi connectivity index (χ1n) is 10.3. The summed E-state index contributed by atoms with van der Waals surface area (Å²) in [7, 11) is 0. The molecule has 3 unspecified atom stereocenters. The normalized spacial score (nSPS) is 24.7. The van der Waals surface area contributed by atoms with Crippen LogP contribution in [0.4, 0.5) is 15.3 Å². The maximum Gasteiger partial charge on any atom is 0.228 e. The van der Waals surface area contributed by atoms with Crippen LogP contribution in [0.5, 0.6) is 0 Å². The highest BCUT2D eigenvalue weighted by Crippen LogP contribution is 2.38. The molecule has 5 rings (SSSR count). The zero-order valence-corrected chi connectivity index (χ0v) is 19.3. The summed E-state index contributed by atoms with van der Waals surface area (Å²) in [4.78, 5) is 11.2. The molecule has 2 aromatic heterocycles. The van der Waals surface area contributed by atoms with Crippen LogP contribution in [-0.4, -0.2) is 57.8 Å². The molecule has 0 amide bonds. The highest BCUT2D eigenvalue weighted by Gasteiger charge is 2.35. The third-order valence-corrected chi connectivity index (χ3v) is 7.86. The van der Waals surface area contributed by atoms with Crippen molar-refractivity contribution in [2.45, 2.75) is 37.9 Å². The van der Waals surface area contributed by atoms with Gasteiger partial charge in [0.1, 0.15) is 11.2 Å². The lowest BCUT2D eigenvalue weighted by molar-refractivity contribution is 0.0729.